The van der Waals surface area contributed by atoms with Crippen LogP contribution in [0.3, 0.4) is 0 Å². The normalized spacial score (nSPS) is 39.2. The van der Waals surface area contributed by atoms with Crippen LogP contribution < -0.4 is 5.32 Å². The number of morpholine rings is 1. The molecule has 0 spiro atoms. The standard InChI is InChI=1S/C22H38N2O6/c1-4-23-20(28)30-18-7-8-21(2)15(13-19(27)24-9-11-29-12-10-24)16(26)5-6-17(21)22(18,3)14-25/h15-18,25-26H,4-14H2,1-3H3,(H,23,28). The lowest BCUT2D eigenvalue weighted by molar-refractivity contribution is -0.187. The fourth-order valence-corrected chi connectivity index (χ4v) is 6.23. The third-order valence-electron chi connectivity index (χ3n) is 8.00. The molecule has 8 nitrogen and oxygen atoms in total. The van der Waals surface area contributed by atoms with Crippen LogP contribution in [0.1, 0.15) is 52.9 Å². The Morgan fingerprint density at radius 1 is 1.20 bits per heavy atom. The number of carbonyl (C=O) groups excluding carboxylic acids is 2. The predicted octanol–water partition coefficient (Wildman–Crippen LogP) is 1.54. The van der Waals surface area contributed by atoms with E-state index in [0.29, 0.717) is 52.1 Å². The molecule has 3 aliphatic rings. The van der Waals surface area contributed by atoms with Crippen LogP contribution in [0.25, 0.3) is 0 Å². The quantitative estimate of drug-likeness (QED) is 0.615. The van der Waals surface area contributed by atoms with Crippen LogP contribution in [0.4, 0.5) is 4.79 Å². The second-order valence-electron chi connectivity index (χ2n) is 9.63. The molecule has 172 valence electrons. The molecule has 6 atom stereocenters. The third kappa shape index (κ3) is 4.32. The number of ether oxygens (including phenoxy) is 2. The molecule has 3 fully saturated rings. The first-order chi connectivity index (χ1) is 14.3. The van der Waals surface area contributed by atoms with Crippen molar-refractivity contribution >= 4 is 12.0 Å². The van der Waals surface area contributed by atoms with E-state index in [-0.39, 0.29) is 29.8 Å². The van der Waals surface area contributed by atoms with Gasteiger partial charge in [0.05, 0.1) is 25.9 Å². The van der Waals surface area contributed by atoms with Crippen molar-refractivity contribution in [3.05, 3.63) is 0 Å². The summed E-state index contributed by atoms with van der Waals surface area (Å²) in [5, 5.41) is 24.0. The molecule has 1 heterocycles. The molecule has 0 aromatic carbocycles. The Hall–Kier alpha value is -1.38. The molecular weight excluding hydrogens is 388 g/mol. The zero-order valence-electron chi connectivity index (χ0n) is 18.6. The smallest absolute Gasteiger partial charge is 0.407 e. The number of carbonyl (C=O) groups is 2. The molecule has 0 radical (unpaired) electrons. The average molecular weight is 427 g/mol. The lowest BCUT2D eigenvalue weighted by Gasteiger charge is -2.60. The van der Waals surface area contributed by atoms with Crippen molar-refractivity contribution in [2.45, 2.75) is 65.1 Å². The zero-order chi connectivity index (χ0) is 21.9. The number of hydrogen-bond donors (Lipinski definition) is 3. The number of alkyl carbamates (subject to hydrolysis) is 1. The van der Waals surface area contributed by atoms with Crippen LogP contribution in [0, 0.1) is 22.7 Å². The van der Waals surface area contributed by atoms with E-state index in [2.05, 4.69) is 12.2 Å². The second-order valence-corrected chi connectivity index (χ2v) is 9.63. The Morgan fingerprint density at radius 3 is 2.53 bits per heavy atom. The average Bonchev–Trinajstić information content (AvgIpc) is 2.73. The highest BCUT2D eigenvalue weighted by molar-refractivity contribution is 5.76. The lowest BCUT2D eigenvalue weighted by Crippen LogP contribution is -2.61. The minimum atomic E-state index is -0.613. The summed E-state index contributed by atoms with van der Waals surface area (Å²) < 4.78 is 11.1. The summed E-state index contributed by atoms with van der Waals surface area (Å²) in [6.07, 6.45) is 1.60. The molecule has 3 N–H and O–H groups in total. The van der Waals surface area contributed by atoms with Crippen LogP contribution in [0.15, 0.2) is 0 Å². The first kappa shape index (κ1) is 23.3. The summed E-state index contributed by atoms with van der Waals surface area (Å²) in [4.78, 5) is 26.9. The van der Waals surface area contributed by atoms with Gasteiger partial charge in [0.25, 0.3) is 0 Å². The fraction of sp³-hybridized carbons (Fsp3) is 0.909. The van der Waals surface area contributed by atoms with Crippen molar-refractivity contribution in [2.75, 3.05) is 39.5 Å². The molecule has 0 aromatic heterocycles. The Labute approximate surface area is 179 Å². The van der Waals surface area contributed by atoms with Crippen LogP contribution in [-0.2, 0) is 14.3 Å². The maximum Gasteiger partial charge on any atom is 0.407 e. The third-order valence-corrected chi connectivity index (χ3v) is 8.00. The molecule has 0 bridgehead atoms. The van der Waals surface area contributed by atoms with Crippen molar-refractivity contribution in [1.82, 2.24) is 10.2 Å². The second kappa shape index (κ2) is 9.40. The predicted molar refractivity (Wildman–Crippen MR) is 111 cm³/mol. The van der Waals surface area contributed by atoms with Crippen molar-refractivity contribution in [1.29, 1.82) is 0 Å². The molecule has 2 amide bonds. The van der Waals surface area contributed by atoms with E-state index < -0.39 is 23.7 Å². The van der Waals surface area contributed by atoms with Gasteiger partial charge < -0.3 is 29.9 Å². The van der Waals surface area contributed by atoms with Gasteiger partial charge in [-0.05, 0) is 49.9 Å². The number of nitrogens with one attached hydrogen (secondary N) is 1. The largest absolute Gasteiger partial charge is 0.446 e. The summed E-state index contributed by atoms with van der Waals surface area (Å²) in [5.74, 6) is -0.0624. The van der Waals surface area contributed by atoms with E-state index >= 15 is 0 Å². The highest BCUT2D eigenvalue weighted by Crippen LogP contribution is 2.61. The molecule has 8 heteroatoms. The van der Waals surface area contributed by atoms with Gasteiger partial charge in [0.1, 0.15) is 6.10 Å². The molecule has 6 unspecified atom stereocenters. The zero-order valence-corrected chi connectivity index (χ0v) is 18.6. The minimum Gasteiger partial charge on any atom is -0.446 e. The highest BCUT2D eigenvalue weighted by atomic mass is 16.6. The molecule has 3 rings (SSSR count). The Kier molecular flexibility index (Phi) is 7.30. The molecule has 1 aliphatic heterocycles. The molecule has 0 aromatic rings. The van der Waals surface area contributed by atoms with Gasteiger partial charge in [-0.2, -0.15) is 0 Å². The van der Waals surface area contributed by atoms with E-state index in [9.17, 15) is 19.8 Å². The van der Waals surface area contributed by atoms with Gasteiger partial charge in [0, 0.05) is 31.5 Å². The van der Waals surface area contributed by atoms with Gasteiger partial charge in [-0.3, -0.25) is 4.79 Å². The van der Waals surface area contributed by atoms with Crippen LogP contribution in [-0.4, -0.2) is 78.8 Å². The van der Waals surface area contributed by atoms with E-state index in [1.807, 2.05) is 18.7 Å². The Bertz CT molecular complexity index is 625. The summed E-state index contributed by atoms with van der Waals surface area (Å²) in [7, 11) is 0. The van der Waals surface area contributed by atoms with Gasteiger partial charge in [-0.1, -0.05) is 13.8 Å². The van der Waals surface area contributed by atoms with Gasteiger partial charge in [-0.25, -0.2) is 4.79 Å². The van der Waals surface area contributed by atoms with Crippen molar-refractivity contribution in [3.63, 3.8) is 0 Å². The molecular formula is C22H38N2O6. The van der Waals surface area contributed by atoms with Crippen molar-refractivity contribution in [2.24, 2.45) is 22.7 Å². The molecule has 2 aliphatic carbocycles. The fourth-order valence-electron chi connectivity index (χ4n) is 6.23. The SMILES string of the molecule is CCNC(=O)OC1CCC2(C)C(CC(=O)N3CCOCC3)C(O)CCC2C1(C)CO. The molecule has 1 saturated heterocycles. The number of nitrogens with zero attached hydrogens (tertiary/aromatic N) is 1. The van der Waals surface area contributed by atoms with Crippen LogP contribution >= 0.6 is 0 Å². The Morgan fingerprint density at radius 2 is 1.90 bits per heavy atom. The summed E-state index contributed by atoms with van der Waals surface area (Å²) in [6, 6.07) is 0. The summed E-state index contributed by atoms with van der Waals surface area (Å²) >= 11 is 0. The number of aliphatic hydroxyl groups is 2. The Balaban J connectivity index is 1.80. The van der Waals surface area contributed by atoms with Gasteiger partial charge in [0.15, 0.2) is 0 Å². The maximum atomic E-state index is 13.0. The number of rotatable bonds is 5. The monoisotopic (exact) mass is 426 g/mol. The highest BCUT2D eigenvalue weighted by Gasteiger charge is 2.60. The minimum absolute atomic E-state index is 0.0501. The first-order valence-electron chi connectivity index (χ1n) is 11.3. The van der Waals surface area contributed by atoms with E-state index in [0.717, 1.165) is 12.8 Å². The first-order valence-corrected chi connectivity index (χ1v) is 11.3. The number of fused-ring (bicyclic) bond motifs is 1. The van der Waals surface area contributed by atoms with Gasteiger partial charge in [0.2, 0.25) is 5.91 Å². The number of amides is 2. The van der Waals surface area contributed by atoms with E-state index in [1.165, 1.54) is 0 Å². The van der Waals surface area contributed by atoms with Gasteiger partial charge in [-0.15, -0.1) is 0 Å². The van der Waals surface area contributed by atoms with E-state index in [4.69, 9.17) is 9.47 Å². The number of hydrogen-bond acceptors (Lipinski definition) is 6. The van der Waals surface area contributed by atoms with Crippen molar-refractivity contribution in [3.8, 4) is 0 Å². The van der Waals surface area contributed by atoms with E-state index in [1.54, 1.807) is 0 Å². The summed E-state index contributed by atoms with van der Waals surface area (Å²) in [5.41, 5.74) is -0.920. The maximum absolute atomic E-state index is 13.0. The topological polar surface area (TPSA) is 108 Å². The van der Waals surface area contributed by atoms with Gasteiger partial charge >= 0.3 is 6.09 Å². The number of aliphatic hydroxyl groups excluding tert-OH is 2. The van der Waals surface area contributed by atoms with Crippen LogP contribution in [0.2, 0.25) is 0 Å². The lowest BCUT2D eigenvalue weighted by atomic mass is 9.46. The van der Waals surface area contributed by atoms with Crippen LogP contribution in [0.5, 0.6) is 0 Å². The van der Waals surface area contributed by atoms with Crippen molar-refractivity contribution < 1.29 is 29.3 Å². The summed E-state index contributed by atoms with van der Waals surface area (Å²) in [6.45, 7) is 8.66. The molecule has 30 heavy (non-hydrogen) atoms. The molecule has 2 saturated carbocycles.